The van der Waals surface area contributed by atoms with E-state index in [2.05, 4.69) is 0 Å². The average molecular weight is 262 g/mol. The van der Waals surface area contributed by atoms with Crippen LogP contribution in [-0.2, 0) is 11.3 Å². The van der Waals surface area contributed by atoms with Gasteiger partial charge in [0.2, 0.25) is 0 Å². The van der Waals surface area contributed by atoms with Crippen LogP contribution in [0.15, 0.2) is 18.2 Å². The summed E-state index contributed by atoms with van der Waals surface area (Å²) in [5.74, 6) is -1.34. The Labute approximate surface area is 111 Å². The maximum atomic E-state index is 13.8. The zero-order valence-electron chi connectivity index (χ0n) is 10.7. The van der Waals surface area contributed by atoms with Gasteiger partial charge in [0.05, 0.1) is 11.6 Å². The molecule has 0 radical (unpaired) electrons. The van der Waals surface area contributed by atoms with Gasteiger partial charge >= 0.3 is 5.97 Å². The minimum Gasteiger partial charge on any atom is -0.480 e. The lowest BCUT2D eigenvalue weighted by molar-refractivity contribution is -0.148. The Morgan fingerprint density at radius 2 is 2.37 bits per heavy atom. The van der Waals surface area contributed by atoms with Crippen molar-refractivity contribution in [2.24, 2.45) is 0 Å². The number of rotatable bonds is 3. The number of carbonyl (C=O) groups is 1. The molecule has 1 heterocycles. The number of nitriles is 1. The summed E-state index contributed by atoms with van der Waals surface area (Å²) in [4.78, 5) is 13.1. The van der Waals surface area contributed by atoms with E-state index in [1.165, 1.54) is 6.07 Å². The Morgan fingerprint density at radius 1 is 1.63 bits per heavy atom. The fourth-order valence-electron chi connectivity index (χ4n) is 2.47. The van der Waals surface area contributed by atoms with Gasteiger partial charge in [0.25, 0.3) is 0 Å². The number of carboxylic acids is 1. The average Bonchev–Trinajstić information content (AvgIpc) is 2.75. The molecule has 1 unspecified atom stereocenters. The highest BCUT2D eigenvalue weighted by molar-refractivity contribution is 5.78. The van der Waals surface area contributed by atoms with Crippen LogP contribution in [0.25, 0.3) is 0 Å². The lowest BCUT2D eigenvalue weighted by Crippen LogP contribution is -2.47. The van der Waals surface area contributed by atoms with Crippen molar-refractivity contribution in [3.63, 3.8) is 0 Å². The summed E-state index contributed by atoms with van der Waals surface area (Å²) in [6, 6.07) is 6.16. The minimum atomic E-state index is -0.930. The molecular weight excluding hydrogens is 247 g/mol. The third-order valence-electron chi connectivity index (χ3n) is 3.79. The van der Waals surface area contributed by atoms with E-state index >= 15 is 0 Å². The Kier molecular flexibility index (Phi) is 3.54. The minimum absolute atomic E-state index is 0.250. The molecule has 5 heteroatoms. The Balaban J connectivity index is 2.22. The molecule has 1 fully saturated rings. The molecule has 2 rings (SSSR count). The van der Waals surface area contributed by atoms with Gasteiger partial charge in [0, 0.05) is 12.1 Å². The number of carboxylic acid groups (broad SMARTS) is 1. The number of hydrogen-bond acceptors (Lipinski definition) is 3. The van der Waals surface area contributed by atoms with Crippen LogP contribution in [0.3, 0.4) is 0 Å². The molecule has 19 heavy (non-hydrogen) atoms. The Bertz CT molecular complexity index is 553. The normalized spacial score (nSPS) is 23.2. The van der Waals surface area contributed by atoms with Crippen LogP contribution in [0.2, 0.25) is 0 Å². The fourth-order valence-corrected chi connectivity index (χ4v) is 2.47. The van der Waals surface area contributed by atoms with Crippen molar-refractivity contribution >= 4 is 5.97 Å². The molecule has 1 aliphatic rings. The van der Waals surface area contributed by atoms with Gasteiger partial charge in [0.15, 0.2) is 0 Å². The number of halogens is 1. The molecule has 0 bridgehead atoms. The van der Waals surface area contributed by atoms with E-state index in [1.54, 1.807) is 24.0 Å². The SMILES string of the molecule is CC1(C(=O)O)CCCN1Cc1ccc(C#N)cc1F. The number of benzene rings is 1. The number of hydrogen-bond donors (Lipinski definition) is 1. The maximum absolute atomic E-state index is 13.8. The van der Waals surface area contributed by atoms with Crippen LogP contribution in [0.4, 0.5) is 4.39 Å². The van der Waals surface area contributed by atoms with Crippen LogP contribution in [0.5, 0.6) is 0 Å². The van der Waals surface area contributed by atoms with E-state index in [4.69, 9.17) is 5.26 Å². The van der Waals surface area contributed by atoms with Gasteiger partial charge in [-0.05, 0) is 38.4 Å². The Hall–Kier alpha value is -1.93. The molecule has 1 aliphatic heterocycles. The van der Waals surface area contributed by atoms with Crippen LogP contribution in [0.1, 0.15) is 30.9 Å². The van der Waals surface area contributed by atoms with Gasteiger partial charge in [-0.2, -0.15) is 5.26 Å². The van der Waals surface area contributed by atoms with Crippen LogP contribution >= 0.6 is 0 Å². The van der Waals surface area contributed by atoms with Crippen LogP contribution < -0.4 is 0 Å². The summed E-state index contributed by atoms with van der Waals surface area (Å²) in [6.07, 6.45) is 1.36. The second kappa shape index (κ2) is 4.98. The third kappa shape index (κ3) is 2.45. The van der Waals surface area contributed by atoms with Crippen molar-refractivity contribution < 1.29 is 14.3 Å². The first-order chi connectivity index (χ1) is 8.97. The highest BCUT2D eigenvalue weighted by atomic mass is 19.1. The predicted molar refractivity (Wildman–Crippen MR) is 66.8 cm³/mol. The Morgan fingerprint density at radius 3 is 2.95 bits per heavy atom. The topological polar surface area (TPSA) is 64.3 Å². The van der Waals surface area contributed by atoms with E-state index in [0.29, 0.717) is 18.5 Å². The molecule has 0 saturated carbocycles. The van der Waals surface area contributed by atoms with Crippen LogP contribution in [0, 0.1) is 17.1 Å². The lowest BCUT2D eigenvalue weighted by Gasteiger charge is -2.31. The summed E-state index contributed by atoms with van der Waals surface area (Å²) in [5, 5.41) is 18.0. The first kappa shape index (κ1) is 13.5. The molecule has 1 saturated heterocycles. The molecule has 1 aromatic rings. The molecule has 0 aliphatic carbocycles. The molecule has 4 nitrogen and oxygen atoms in total. The quantitative estimate of drug-likeness (QED) is 0.906. The van der Waals surface area contributed by atoms with Gasteiger partial charge in [-0.3, -0.25) is 9.69 Å². The molecule has 1 N–H and O–H groups in total. The summed E-state index contributed by atoms with van der Waals surface area (Å²) >= 11 is 0. The van der Waals surface area contributed by atoms with Gasteiger partial charge in [-0.25, -0.2) is 4.39 Å². The second-order valence-electron chi connectivity index (χ2n) is 5.02. The van der Waals surface area contributed by atoms with Crippen LogP contribution in [-0.4, -0.2) is 28.1 Å². The highest BCUT2D eigenvalue weighted by Crippen LogP contribution is 2.31. The summed E-state index contributed by atoms with van der Waals surface area (Å²) < 4.78 is 13.8. The van der Waals surface area contributed by atoms with Crippen molar-refractivity contribution in [3.8, 4) is 6.07 Å². The summed E-state index contributed by atoms with van der Waals surface area (Å²) in [7, 11) is 0. The standard InChI is InChI=1S/C14H15FN2O2/c1-14(13(18)19)5-2-6-17(14)9-11-4-3-10(8-16)7-12(11)15/h3-4,7H,2,5-6,9H2,1H3,(H,18,19). The number of likely N-dealkylation sites (tertiary alicyclic amines) is 1. The van der Waals surface area contributed by atoms with Gasteiger partial charge in [-0.15, -0.1) is 0 Å². The van der Waals surface area contributed by atoms with Gasteiger partial charge in [-0.1, -0.05) is 6.07 Å². The van der Waals surface area contributed by atoms with E-state index in [9.17, 15) is 14.3 Å². The fraction of sp³-hybridized carbons (Fsp3) is 0.429. The van der Waals surface area contributed by atoms with Gasteiger partial charge in [0.1, 0.15) is 11.4 Å². The smallest absolute Gasteiger partial charge is 0.323 e. The highest BCUT2D eigenvalue weighted by Gasteiger charge is 2.43. The zero-order chi connectivity index (χ0) is 14.0. The molecule has 1 atom stereocenters. The third-order valence-corrected chi connectivity index (χ3v) is 3.79. The van der Waals surface area contributed by atoms with E-state index < -0.39 is 17.3 Å². The molecule has 100 valence electrons. The molecule has 0 spiro atoms. The zero-order valence-corrected chi connectivity index (χ0v) is 10.7. The number of nitrogens with zero attached hydrogens (tertiary/aromatic N) is 2. The number of aliphatic carboxylic acids is 1. The largest absolute Gasteiger partial charge is 0.480 e. The summed E-state index contributed by atoms with van der Waals surface area (Å²) in [5.41, 5.74) is -0.239. The first-order valence-corrected chi connectivity index (χ1v) is 6.14. The first-order valence-electron chi connectivity index (χ1n) is 6.14. The van der Waals surface area contributed by atoms with E-state index in [-0.39, 0.29) is 12.1 Å². The molecule has 0 amide bonds. The van der Waals surface area contributed by atoms with Crippen molar-refractivity contribution in [3.05, 3.63) is 35.1 Å². The van der Waals surface area contributed by atoms with Crippen molar-refractivity contribution in [2.45, 2.75) is 31.8 Å². The van der Waals surface area contributed by atoms with E-state index in [0.717, 1.165) is 6.42 Å². The molecular formula is C14H15FN2O2. The monoisotopic (exact) mass is 262 g/mol. The van der Waals surface area contributed by atoms with Crippen molar-refractivity contribution in [2.75, 3.05) is 6.54 Å². The summed E-state index contributed by atoms with van der Waals surface area (Å²) in [6.45, 7) is 2.56. The predicted octanol–water partition coefficient (Wildman–Crippen LogP) is 2.14. The molecule has 0 aromatic heterocycles. The molecule has 1 aromatic carbocycles. The van der Waals surface area contributed by atoms with Crippen molar-refractivity contribution in [1.82, 2.24) is 4.90 Å². The van der Waals surface area contributed by atoms with Crippen molar-refractivity contribution in [1.29, 1.82) is 5.26 Å². The van der Waals surface area contributed by atoms with E-state index in [1.807, 2.05) is 6.07 Å². The lowest BCUT2D eigenvalue weighted by atomic mass is 9.98. The second-order valence-corrected chi connectivity index (χ2v) is 5.02. The maximum Gasteiger partial charge on any atom is 0.323 e. The van der Waals surface area contributed by atoms with Gasteiger partial charge < -0.3 is 5.11 Å².